The Bertz CT molecular complexity index is 120. The highest BCUT2D eigenvalue weighted by molar-refractivity contribution is 5.06. The van der Waals surface area contributed by atoms with E-state index in [2.05, 4.69) is 26.3 Å². The average molecular weight is 166 g/mol. The van der Waals surface area contributed by atoms with Crippen molar-refractivity contribution in [3.63, 3.8) is 0 Å². The summed E-state index contributed by atoms with van der Waals surface area (Å²) in [6.45, 7) is 21.9. The van der Waals surface area contributed by atoms with Gasteiger partial charge in [0.15, 0.2) is 0 Å². The Kier molecular flexibility index (Phi) is 23.6. The maximum Gasteiger partial charge on any atom is -0.0404 e. The van der Waals surface area contributed by atoms with Crippen LogP contribution in [0.1, 0.15) is 27.7 Å². The quantitative estimate of drug-likeness (QED) is 0.529. The lowest BCUT2D eigenvalue weighted by molar-refractivity contribution is 1.50. The SMILES string of the molecule is C=CC(=C)C.C=CC(=C)C.CC. The van der Waals surface area contributed by atoms with Crippen molar-refractivity contribution in [3.05, 3.63) is 49.6 Å². The van der Waals surface area contributed by atoms with E-state index < -0.39 is 0 Å². The van der Waals surface area contributed by atoms with Crippen molar-refractivity contribution in [2.45, 2.75) is 27.7 Å². The average Bonchev–Trinajstić information content (AvgIpc) is 2.09. The van der Waals surface area contributed by atoms with Gasteiger partial charge >= 0.3 is 0 Å². The fourth-order valence-electron chi connectivity index (χ4n) is 0. The van der Waals surface area contributed by atoms with E-state index in [1.54, 1.807) is 12.2 Å². The van der Waals surface area contributed by atoms with Gasteiger partial charge in [-0.3, -0.25) is 0 Å². The molecule has 0 heterocycles. The van der Waals surface area contributed by atoms with E-state index >= 15 is 0 Å². The van der Waals surface area contributed by atoms with Gasteiger partial charge in [0, 0.05) is 0 Å². The van der Waals surface area contributed by atoms with Gasteiger partial charge in [0.25, 0.3) is 0 Å². The molecule has 0 unspecified atom stereocenters. The molecule has 0 rings (SSSR count). The standard InChI is InChI=1S/2C5H8.C2H6/c2*1-4-5(2)3;1-2/h2*4H,1-2H2,3H3;1-2H3. The van der Waals surface area contributed by atoms with Gasteiger partial charge < -0.3 is 0 Å². The first kappa shape index (κ1) is 17.2. The van der Waals surface area contributed by atoms with Gasteiger partial charge in [-0.05, 0) is 13.8 Å². The van der Waals surface area contributed by atoms with E-state index in [-0.39, 0.29) is 0 Å². The first-order valence-corrected chi connectivity index (χ1v) is 4.10. The normalized spacial score (nSPS) is 6.00. The smallest absolute Gasteiger partial charge is 0.0404 e. The van der Waals surface area contributed by atoms with E-state index in [1.165, 1.54) is 0 Å². The van der Waals surface area contributed by atoms with Gasteiger partial charge in [-0.25, -0.2) is 0 Å². The first-order valence-electron chi connectivity index (χ1n) is 4.10. The molecule has 0 aliphatic carbocycles. The van der Waals surface area contributed by atoms with Crippen molar-refractivity contribution in [2.75, 3.05) is 0 Å². The first-order chi connectivity index (χ1) is 5.54. The van der Waals surface area contributed by atoms with E-state index in [9.17, 15) is 0 Å². The molecule has 0 fully saturated rings. The molecule has 0 N–H and O–H groups in total. The molecule has 0 aliphatic heterocycles. The predicted octanol–water partition coefficient (Wildman–Crippen LogP) is 4.52. The Balaban J connectivity index is -0.000000112. The third-order valence-corrected chi connectivity index (χ3v) is 0.697. The number of allylic oxidation sites excluding steroid dienone is 4. The lowest BCUT2D eigenvalue weighted by Crippen LogP contribution is -1.50. The van der Waals surface area contributed by atoms with Gasteiger partial charge in [0.05, 0.1) is 0 Å². The molecule has 0 aromatic heterocycles. The monoisotopic (exact) mass is 166 g/mol. The summed E-state index contributed by atoms with van der Waals surface area (Å²) in [4.78, 5) is 0. The Hall–Kier alpha value is -1.04. The van der Waals surface area contributed by atoms with Gasteiger partial charge in [0.2, 0.25) is 0 Å². The van der Waals surface area contributed by atoms with Crippen LogP contribution in [0.5, 0.6) is 0 Å². The van der Waals surface area contributed by atoms with E-state index in [1.807, 2.05) is 27.7 Å². The van der Waals surface area contributed by atoms with Crippen LogP contribution in [0.15, 0.2) is 49.6 Å². The molecule has 0 bridgehead atoms. The summed E-state index contributed by atoms with van der Waals surface area (Å²) in [7, 11) is 0. The largest absolute Gasteiger partial charge is 0.0988 e. The van der Waals surface area contributed by atoms with Gasteiger partial charge in [-0.2, -0.15) is 0 Å². The third kappa shape index (κ3) is 64.8. The van der Waals surface area contributed by atoms with E-state index in [4.69, 9.17) is 0 Å². The van der Waals surface area contributed by atoms with Crippen molar-refractivity contribution in [2.24, 2.45) is 0 Å². The number of hydrogen-bond acceptors (Lipinski definition) is 0. The van der Waals surface area contributed by atoms with Crippen LogP contribution in [0.3, 0.4) is 0 Å². The molecule has 0 atom stereocenters. The highest BCUT2D eigenvalue weighted by Gasteiger charge is 1.59. The van der Waals surface area contributed by atoms with E-state index in [0.717, 1.165) is 11.1 Å². The van der Waals surface area contributed by atoms with Crippen LogP contribution in [0.2, 0.25) is 0 Å². The van der Waals surface area contributed by atoms with Gasteiger partial charge in [0.1, 0.15) is 0 Å². The molecular formula is C12H22. The van der Waals surface area contributed by atoms with Crippen LogP contribution >= 0.6 is 0 Å². The molecule has 0 aliphatic rings. The molecule has 12 heavy (non-hydrogen) atoms. The van der Waals surface area contributed by atoms with Crippen LogP contribution in [0.25, 0.3) is 0 Å². The molecule has 0 heteroatoms. The maximum absolute atomic E-state index is 3.56. The molecule has 0 aromatic carbocycles. The molecule has 70 valence electrons. The summed E-state index contributed by atoms with van der Waals surface area (Å²) in [5.74, 6) is 0. The summed E-state index contributed by atoms with van der Waals surface area (Å²) in [5.41, 5.74) is 2.04. The molecular weight excluding hydrogens is 144 g/mol. The topological polar surface area (TPSA) is 0 Å². The molecule has 0 amide bonds. The summed E-state index contributed by atoms with van der Waals surface area (Å²) in [6.07, 6.45) is 3.44. The highest BCUT2D eigenvalue weighted by atomic mass is 13.7. The van der Waals surface area contributed by atoms with Crippen molar-refractivity contribution in [1.29, 1.82) is 0 Å². The summed E-state index contributed by atoms with van der Waals surface area (Å²) >= 11 is 0. The highest BCUT2D eigenvalue weighted by Crippen LogP contribution is 1.81. The Morgan fingerprint density at radius 2 is 0.917 bits per heavy atom. The Morgan fingerprint density at radius 1 is 0.833 bits per heavy atom. The summed E-state index contributed by atoms with van der Waals surface area (Å²) in [5, 5.41) is 0. The Morgan fingerprint density at radius 3 is 0.917 bits per heavy atom. The minimum Gasteiger partial charge on any atom is -0.0988 e. The summed E-state index contributed by atoms with van der Waals surface area (Å²) in [6, 6.07) is 0. The summed E-state index contributed by atoms with van der Waals surface area (Å²) < 4.78 is 0. The lowest BCUT2D eigenvalue weighted by atomic mass is 10.4. The fourth-order valence-corrected chi connectivity index (χ4v) is 0. The second-order valence-corrected chi connectivity index (χ2v) is 2.10. The van der Waals surface area contributed by atoms with Crippen molar-refractivity contribution >= 4 is 0 Å². The fraction of sp³-hybridized carbons (Fsp3) is 0.333. The second kappa shape index (κ2) is 16.5. The second-order valence-electron chi connectivity index (χ2n) is 2.10. The zero-order valence-corrected chi connectivity index (χ0v) is 8.98. The van der Waals surface area contributed by atoms with E-state index in [0.29, 0.717) is 0 Å². The molecule has 0 saturated heterocycles. The minimum atomic E-state index is 1.02. The lowest BCUT2D eigenvalue weighted by Gasteiger charge is -1.71. The van der Waals surface area contributed by atoms with Crippen molar-refractivity contribution in [1.82, 2.24) is 0 Å². The zero-order chi connectivity index (χ0) is 10.6. The van der Waals surface area contributed by atoms with Crippen LogP contribution in [0.4, 0.5) is 0 Å². The van der Waals surface area contributed by atoms with Crippen LogP contribution in [0, 0.1) is 0 Å². The number of rotatable bonds is 2. The number of hydrogen-bond donors (Lipinski definition) is 0. The third-order valence-electron chi connectivity index (χ3n) is 0.697. The molecule has 0 nitrogen and oxygen atoms in total. The zero-order valence-electron chi connectivity index (χ0n) is 8.98. The van der Waals surface area contributed by atoms with Gasteiger partial charge in [-0.1, -0.05) is 63.5 Å². The van der Waals surface area contributed by atoms with Crippen molar-refractivity contribution in [3.8, 4) is 0 Å². The molecule has 0 spiro atoms. The maximum atomic E-state index is 3.56. The molecule has 0 radical (unpaired) electrons. The van der Waals surface area contributed by atoms with Crippen LogP contribution in [-0.4, -0.2) is 0 Å². The predicted molar refractivity (Wildman–Crippen MR) is 61.4 cm³/mol. The Labute approximate surface area is 78.0 Å². The molecule has 0 saturated carbocycles. The minimum absolute atomic E-state index is 1.02. The molecule has 0 aromatic rings. The van der Waals surface area contributed by atoms with Crippen molar-refractivity contribution < 1.29 is 0 Å². The van der Waals surface area contributed by atoms with Crippen LogP contribution in [-0.2, 0) is 0 Å². The van der Waals surface area contributed by atoms with Crippen LogP contribution < -0.4 is 0 Å². The van der Waals surface area contributed by atoms with Gasteiger partial charge in [-0.15, -0.1) is 0 Å².